The molecule has 1 aliphatic heterocycles. The van der Waals surface area contributed by atoms with Crippen molar-refractivity contribution in [3.05, 3.63) is 23.8 Å². The summed E-state index contributed by atoms with van der Waals surface area (Å²) in [6.45, 7) is 1.88. The fraction of sp³-hybridized carbons (Fsp3) is 0.222. The quantitative estimate of drug-likeness (QED) is 0.565. The van der Waals surface area contributed by atoms with E-state index in [1.54, 1.807) is 6.07 Å². The number of carbonyl (C=O) groups excluding carboxylic acids is 1. The van der Waals surface area contributed by atoms with Crippen LogP contribution in [0.1, 0.15) is 18.4 Å². The predicted octanol–water partition coefficient (Wildman–Crippen LogP) is 1.32. The SMILES string of the molecule is CC1C(=O)Nc2ccc(N)cc21. The minimum Gasteiger partial charge on any atom is -0.399 e. The van der Waals surface area contributed by atoms with Gasteiger partial charge in [-0.1, -0.05) is 0 Å². The third-order valence-electron chi connectivity index (χ3n) is 2.19. The highest BCUT2D eigenvalue weighted by Gasteiger charge is 2.25. The number of hydrogen-bond donors (Lipinski definition) is 2. The Kier molecular flexibility index (Phi) is 1.33. The van der Waals surface area contributed by atoms with Crippen molar-refractivity contribution >= 4 is 17.3 Å². The summed E-state index contributed by atoms with van der Waals surface area (Å²) >= 11 is 0. The Morgan fingerprint density at radius 1 is 1.50 bits per heavy atom. The normalized spacial score (nSPS) is 20.4. The van der Waals surface area contributed by atoms with Crippen molar-refractivity contribution in [1.29, 1.82) is 0 Å². The van der Waals surface area contributed by atoms with Gasteiger partial charge in [-0.3, -0.25) is 4.79 Å². The van der Waals surface area contributed by atoms with Gasteiger partial charge in [0.15, 0.2) is 0 Å². The van der Waals surface area contributed by atoms with E-state index in [2.05, 4.69) is 5.32 Å². The Morgan fingerprint density at radius 2 is 2.25 bits per heavy atom. The van der Waals surface area contributed by atoms with Crippen LogP contribution in [0.2, 0.25) is 0 Å². The van der Waals surface area contributed by atoms with E-state index >= 15 is 0 Å². The number of nitrogens with one attached hydrogen (secondary N) is 1. The Balaban J connectivity index is 2.55. The number of hydrogen-bond acceptors (Lipinski definition) is 2. The summed E-state index contributed by atoms with van der Waals surface area (Å²) in [7, 11) is 0. The molecule has 1 heterocycles. The van der Waals surface area contributed by atoms with Crippen LogP contribution < -0.4 is 11.1 Å². The van der Waals surface area contributed by atoms with Crippen LogP contribution in [-0.2, 0) is 4.79 Å². The molecule has 62 valence electrons. The summed E-state index contributed by atoms with van der Waals surface area (Å²) in [6.07, 6.45) is 0. The topological polar surface area (TPSA) is 55.1 Å². The number of nitrogens with two attached hydrogens (primary N) is 1. The molecule has 1 aromatic rings. The molecule has 1 aliphatic rings. The zero-order valence-electron chi connectivity index (χ0n) is 6.79. The van der Waals surface area contributed by atoms with E-state index in [9.17, 15) is 4.79 Å². The summed E-state index contributed by atoms with van der Waals surface area (Å²) in [5, 5.41) is 2.78. The lowest BCUT2D eigenvalue weighted by atomic mass is 10.0. The Morgan fingerprint density at radius 3 is 3.00 bits per heavy atom. The van der Waals surface area contributed by atoms with Crippen LogP contribution in [0.15, 0.2) is 18.2 Å². The molecule has 1 aromatic carbocycles. The maximum absolute atomic E-state index is 11.2. The van der Waals surface area contributed by atoms with Gasteiger partial charge in [-0.2, -0.15) is 0 Å². The number of amides is 1. The second-order valence-corrected chi connectivity index (χ2v) is 3.06. The van der Waals surface area contributed by atoms with Crippen molar-refractivity contribution in [1.82, 2.24) is 0 Å². The highest BCUT2D eigenvalue weighted by atomic mass is 16.2. The molecule has 0 bridgehead atoms. The standard InChI is InChI=1S/C9H10N2O/c1-5-7-4-6(10)2-3-8(7)11-9(5)12/h2-5H,10H2,1H3,(H,11,12). The van der Waals surface area contributed by atoms with Crippen LogP contribution >= 0.6 is 0 Å². The lowest BCUT2D eigenvalue weighted by molar-refractivity contribution is -0.116. The van der Waals surface area contributed by atoms with Crippen LogP contribution in [-0.4, -0.2) is 5.91 Å². The Labute approximate surface area is 70.6 Å². The van der Waals surface area contributed by atoms with Gasteiger partial charge >= 0.3 is 0 Å². The number of rotatable bonds is 0. The fourth-order valence-electron chi connectivity index (χ4n) is 1.44. The molecule has 3 N–H and O–H groups in total. The van der Waals surface area contributed by atoms with E-state index in [0.717, 1.165) is 11.3 Å². The number of anilines is 2. The number of benzene rings is 1. The Hall–Kier alpha value is -1.51. The molecule has 3 heteroatoms. The lowest BCUT2D eigenvalue weighted by Crippen LogP contribution is -2.08. The number of nitrogen functional groups attached to an aromatic ring is 1. The average Bonchev–Trinajstić information content (AvgIpc) is 2.31. The molecule has 2 rings (SSSR count). The molecule has 0 aromatic heterocycles. The van der Waals surface area contributed by atoms with Gasteiger partial charge in [-0.25, -0.2) is 0 Å². The smallest absolute Gasteiger partial charge is 0.231 e. The lowest BCUT2D eigenvalue weighted by Gasteiger charge is -2.00. The summed E-state index contributed by atoms with van der Waals surface area (Å²) < 4.78 is 0. The minimum absolute atomic E-state index is 0.0515. The first-order valence-electron chi connectivity index (χ1n) is 3.89. The van der Waals surface area contributed by atoms with Gasteiger partial charge in [0, 0.05) is 11.4 Å². The molecular weight excluding hydrogens is 152 g/mol. The Bertz CT molecular complexity index is 346. The van der Waals surface area contributed by atoms with E-state index in [1.165, 1.54) is 0 Å². The molecule has 12 heavy (non-hydrogen) atoms. The van der Waals surface area contributed by atoms with Crippen molar-refractivity contribution in [2.75, 3.05) is 11.1 Å². The van der Waals surface area contributed by atoms with Gasteiger partial charge in [0.1, 0.15) is 0 Å². The maximum Gasteiger partial charge on any atom is 0.231 e. The van der Waals surface area contributed by atoms with Crippen LogP contribution in [0.3, 0.4) is 0 Å². The van der Waals surface area contributed by atoms with E-state index in [0.29, 0.717) is 5.69 Å². The molecule has 0 fully saturated rings. The summed E-state index contributed by atoms with van der Waals surface area (Å²) in [5.74, 6) is -0.0147. The third kappa shape index (κ3) is 0.863. The molecule has 0 spiro atoms. The summed E-state index contributed by atoms with van der Waals surface area (Å²) in [6, 6.07) is 5.47. The van der Waals surface area contributed by atoms with Crippen LogP contribution in [0.25, 0.3) is 0 Å². The first-order valence-corrected chi connectivity index (χ1v) is 3.89. The van der Waals surface area contributed by atoms with Crippen molar-refractivity contribution in [2.45, 2.75) is 12.8 Å². The monoisotopic (exact) mass is 162 g/mol. The highest BCUT2D eigenvalue weighted by Crippen LogP contribution is 2.32. The number of fused-ring (bicyclic) bond motifs is 1. The van der Waals surface area contributed by atoms with Gasteiger partial charge in [0.25, 0.3) is 0 Å². The highest BCUT2D eigenvalue weighted by molar-refractivity contribution is 6.02. The van der Waals surface area contributed by atoms with Crippen molar-refractivity contribution in [3.63, 3.8) is 0 Å². The van der Waals surface area contributed by atoms with Gasteiger partial charge in [0.2, 0.25) is 5.91 Å². The van der Waals surface area contributed by atoms with Crippen molar-refractivity contribution in [2.24, 2.45) is 0 Å². The van der Waals surface area contributed by atoms with E-state index in [1.807, 2.05) is 19.1 Å². The molecular formula is C9H10N2O. The minimum atomic E-state index is -0.0662. The third-order valence-corrected chi connectivity index (χ3v) is 2.19. The maximum atomic E-state index is 11.2. The molecule has 0 aliphatic carbocycles. The van der Waals surface area contributed by atoms with E-state index in [-0.39, 0.29) is 11.8 Å². The largest absolute Gasteiger partial charge is 0.399 e. The summed E-state index contributed by atoms with van der Waals surface area (Å²) in [5.41, 5.74) is 8.20. The predicted molar refractivity (Wildman–Crippen MR) is 47.9 cm³/mol. The second kappa shape index (κ2) is 2.24. The van der Waals surface area contributed by atoms with Crippen molar-refractivity contribution in [3.8, 4) is 0 Å². The molecule has 1 unspecified atom stereocenters. The van der Waals surface area contributed by atoms with Gasteiger partial charge < -0.3 is 11.1 Å². The van der Waals surface area contributed by atoms with E-state index < -0.39 is 0 Å². The zero-order chi connectivity index (χ0) is 8.72. The average molecular weight is 162 g/mol. The molecule has 1 atom stereocenters. The second-order valence-electron chi connectivity index (χ2n) is 3.06. The first kappa shape index (κ1) is 7.16. The molecule has 1 amide bonds. The van der Waals surface area contributed by atoms with Crippen LogP contribution in [0.4, 0.5) is 11.4 Å². The fourth-order valence-corrected chi connectivity index (χ4v) is 1.44. The van der Waals surface area contributed by atoms with Gasteiger partial charge in [0.05, 0.1) is 5.92 Å². The molecule has 0 radical (unpaired) electrons. The first-order chi connectivity index (χ1) is 5.68. The van der Waals surface area contributed by atoms with Crippen molar-refractivity contribution < 1.29 is 4.79 Å². The zero-order valence-corrected chi connectivity index (χ0v) is 6.79. The van der Waals surface area contributed by atoms with E-state index in [4.69, 9.17) is 5.73 Å². The number of carbonyl (C=O) groups is 1. The molecule has 0 saturated carbocycles. The summed E-state index contributed by atoms with van der Waals surface area (Å²) in [4.78, 5) is 11.2. The van der Waals surface area contributed by atoms with Crippen LogP contribution in [0.5, 0.6) is 0 Å². The van der Waals surface area contributed by atoms with Gasteiger partial charge in [-0.05, 0) is 30.7 Å². The molecule has 3 nitrogen and oxygen atoms in total. The molecule has 0 saturated heterocycles. The van der Waals surface area contributed by atoms with Gasteiger partial charge in [-0.15, -0.1) is 0 Å². The van der Waals surface area contributed by atoms with Crippen LogP contribution in [0, 0.1) is 0 Å².